The van der Waals surface area contributed by atoms with E-state index in [1.807, 2.05) is 18.2 Å². The van der Waals surface area contributed by atoms with Crippen molar-refractivity contribution in [3.63, 3.8) is 0 Å². The Balaban J connectivity index is 0.00000192. The Morgan fingerprint density at radius 3 is 2.48 bits per heavy atom. The average Bonchev–Trinajstić information content (AvgIpc) is 3.23. The van der Waals surface area contributed by atoms with Crippen LogP contribution in [0.1, 0.15) is 20.3 Å². The van der Waals surface area contributed by atoms with Crippen molar-refractivity contribution >= 4 is 35.6 Å². The predicted octanol–water partition coefficient (Wildman–Crippen LogP) is 2.51. The molecule has 0 spiro atoms. The zero-order valence-corrected chi connectivity index (χ0v) is 16.2. The van der Waals surface area contributed by atoms with Gasteiger partial charge in [0.05, 0.1) is 5.69 Å². The van der Waals surface area contributed by atoms with Gasteiger partial charge in [-0.2, -0.15) is 0 Å². The zero-order chi connectivity index (χ0) is 15.5. The van der Waals surface area contributed by atoms with Gasteiger partial charge in [0, 0.05) is 38.8 Å². The number of guanidine groups is 1. The van der Waals surface area contributed by atoms with Gasteiger partial charge in [-0.3, -0.25) is 4.99 Å². The van der Waals surface area contributed by atoms with Crippen molar-refractivity contribution in [1.29, 1.82) is 0 Å². The zero-order valence-electron chi connectivity index (χ0n) is 13.9. The van der Waals surface area contributed by atoms with E-state index < -0.39 is 0 Å². The SMILES string of the molecule is CCN=C(NC1CC1C)N1CCN(c2ccccc2O)CC1.I. The van der Waals surface area contributed by atoms with Gasteiger partial charge in [-0.1, -0.05) is 19.1 Å². The van der Waals surface area contributed by atoms with Crippen molar-refractivity contribution in [1.82, 2.24) is 10.2 Å². The summed E-state index contributed by atoms with van der Waals surface area (Å²) in [6, 6.07) is 8.17. The summed E-state index contributed by atoms with van der Waals surface area (Å²) in [5.74, 6) is 2.18. The van der Waals surface area contributed by atoms with Crippen LogP contribution in [0.5, 0.6) is 5.75 Å². The second-order valence-corrected chi connectivity index (χ2v) is 6.22. The summed E-state index contributed by atoms with van der Waals surface area (Å²) < 4.78 is 0. The molecule has 0 aromatic heterocycles. The van der Waals surface area contributed by atoms with Gasteiger partial charge in [0.25, 0.3) is 0 Å². The lowest BCUT2D eigenvalue weighted by Gasteiger charge is -2.38. The van der Waals surface area contributed by atoms with E-state index in [4.69, 9.17) is 0 Å². The minimum absolute atomic E-state index is 0. The lowest BCUT2D eigenvalue weighted by atomic mass is 10.2. The smallest absolute Gasteiger partial charge is 0.194 e. The number of aliphatic imine (C=N–C) groups is 1. The standard InChI is InChI=1S/C17H26N4O.HI/c1-3-18-17(19-14-12-13(14)2)21-10-8-20(9-11-21)15-6-4-5-7-16(15)22;/h4-7,13-14,22H,3,8-12H2,1-2H3,(H,18,19);1H. The summed E-state index contributed by atoms with van der Waals surface area (Å²) in [7, 11) is 0. The van der Waals surface area contributed by atoms with Crippen molar-refractivity contribution in [2.75, 3.05) is 37.6 Å². The Morgan fingerprint density at radius 2 is 1.91 bits per heavy atom. The highest BCUT2D eigenvalue weighted by Crippen LogP contribution is 2.30. The summed E-state index contributed by atoms with van der Waals surface area (Å²) in [6.07, 6.45) is 1.25. The number of para-hydroxylation sites is 2. The van der Waals surface area contributed by atoms with Crippen LogP contribution in [0.4, 0.5) is 5.69 Å². The number of hydrogen-bond donors (Lipinski definition) is 2. The molecule has 3 rings (SSSR count). The second-order valence-electron chi connectivity index (χ2n) is 6.22. The molecule has 0 bridgehead atoms. The lowest BCUT2D eigenvalue weighted by molar-refractivity contribution is 0.368. The highest BCUT2D eigenvalue weighted by molar-refractivity contribution is 14.0. The summed E-state index contributed by atoms with van der Waals surface area (Å²) in [5.41, 5.74) is 0.930. The molecule has 23 heavy (non-hydrogen) atoms. The molecule has 1 aromatic carbocycles. The van der Waals surface area contributed by atoms with Gasteiger partial charge in [0.15, 0.2) is 5.96 Å². The molecule has 1 heterocycles. The highest BCUT2D eigenvalue weighted by atomic mass is 127. The quantitative estimate of drug-likeness (QED) is 0.440. The maximum atomic E-state index is 9.99. The monoisotopic (exact) mass is 430 g/mol. The molecular weight excluding hydrogens is 403 g/mol. The molecule has 6 heteroatoms. The van der Waals surface area contributed by atoms with Crippen LogP contribution in [0, 0.1) is 5.92 Å². The Kier molecular flexibility index (Phi) is 6.38. The van der Waals surface area contributed by atoms with E-state index in [1.165, 1.54) is 6.42 Å². The van der Waals surface area contributed by atoms with Crippen molar-refractivity contribution in [2.45, 2.75) is 26.3 Å². The first-order valence-electron chi connectivity index (χ1n) is 8.28. The Bertz CT molecular complexity index is 543. The van der Waals surface area contributed by atoms with E-state index >= 15 is 0 Å². The van der Waals surface area contributed by atoms with E-state index in [1.54, 1.807) is 6.07 Å². The van der Waals surface area contributed by atoms with Crippen LogP contribution >= 0.6 is 24.0 Å². The largest absolute Gasteiger partial charge is 0.506 e. The first-order chi connectivity index (χ1) is 10.7. The van der Waals surface area contributed by atoms with E-state index in [0.717, 1.165) is 50.3 Å². The van der Waals surface area contributed by atoms with E-state index in [0.29, 0.717) is 11.8 Å². The van der Waals surface area contributed by atoms with Crippen molar-refractivity contribution < 1.29 is 5.11 Å². The molecule has 2 fully saturated rings. The molecule has 1 saturated carbocycles. The maximum absolute atomic E-state index is 9.99. The number of rotatable bonds is 3. The first kappa shape index (κ1) is 18.2. The number of phenols is 1. The van der Waals surface area contributed by atoms with Gasteiger partial charge in [-0.25, -0.2) is 0 Å². The molecule has 0 amide bonds. The fourth-order valence-corrected chi connectivity index (χ4v) is 2.97. The number of nitrogens with one attached hydrogen (secondary N) is 1. The number of halogens is 1. The molecule has 5 nitrogen and oxygen atoms in total. The minimum Gasteiger partial charge on any atom is -0.506 e. The number of nitrogens with zero attached hydrogens (tertiary/aromatic N) is 3. The molecule has 0 radical (unpaired) electrons. The first-order valence-corrected chi connectivity index (χ1v) is 8.28. The highest BCUT2D eigenvalue weighted by Gasteiger charge is 2.34. The lowest BCUT2D eigenvalue weighted by Crippen LogP contribution is -2.53. The number of anilines is 1. The molecule has 1 aliphatic heterocycles. The van der Waals surface area contributed by atoms with Crippen LogP contribution in [0.2, 0.25) is 0 Å². The van der Waals surface area contributed by atoms with Gasteiger partial charge in [0.1, 0.15) is 5.75 Å². The fraction of sp³-hybridized carbons (Fsp3) is 0.588. The van der Waals surface area contributed by atoms with E-state index in [9.17, 15) is 5.11 Å². The van der Waals surface area contributed by atoms with E-state index in [2.05, 4.69) is 34.0 Å². The van der Waals surface area contributed by atoms with Gasteiger partial charge in [-0.05, 0) is 31.4 Å². The predicted molar refractivity (Wildman–Crippen MR) is 106 cm³/mol. The van der Waals surface area contributed by atoms with Crippen LogP contribution in [0.15, 0.2) is 29.3 Å². The third-order valence-electron chi connectivity index (χ3n) is 4.53. The molecule has 1 aromatic rings. The Hall–Kier alpha value is -1.18. The third kappa shape index (κ3) is 4.43. The van der Waals surface area contributed by atoms with Crippen molar-refractivity contribution in [3.8, 4) is 5.75 Å². The van der Waals surface area contributed by atoms with Crippen molar-refractivity contribution in [2.24, 2.45) is 10.9 Å². The number of piperazine rings is 1. The molecule has 2 atom stereocenters. The second kappa shape index (κ2) is 8.08. The number of benzene rings is 1. The molecule has 1 aliphatic carbocycles. The number of hydrogen-bond acceptors (Lipinski definition) is 3. The molecule has 1 saturated heterocycles. The van der Waals surface area contributed by atoms with Gasteiger partial charge < -0.3 is 20.2 Å². The fourth-order valence-electron chi connectivity index (χ4n) is 2.97. The van der Waals surface area contributed by atoms with Crippen LogP contribution in [0.25, 0.3) is 0 Å². The Labute approximate surface area is 155 Å². The molecule has 2 unspecified atom stereocenters. The molecule has 2 aliphatic rings. The van der Waals surface area contributed by atoms with Crippen LogP contribution < -0.4 is 10.2 Å². The van der Waals surface area contributed by atoms with Crippen LogP contribution in [-0.4, -0.2) is 54.7 Å². The Morgan fingerprint density at radius 1 is 1.26 bits per heavy atom. The van der Waals surface area contributed by atoms with Gasteiger partial charge in [0.2, 0.25) is 0 Å². The average molecular weight is 430 g/mol. The molecule has 2 N–H and O–H groups in total. The topological polar surface area (TPSA) is 51.1 Å². The van der Waals surface area contributed by atoms with Crippen molar-refractivity contribution in [3.05, 3.63) is 24.3 Å². The summed E-state index contributed by atoms with van der Waals surface area (Å²) in [4.78, 5) is 9.22. The number of phenolic OH excluding ortho intramolecular Hbond substituents is 1. The van der Waals surface area contributed by atoms with Crippen LogP contribution in [0.3, 0.4) is 0 Å². The normalized spacial score (nSPS) is 24.2. The molecular formula is C17H27IN4O. The maximum Gasteiger partial charge on any atom is 0.194 e. The molecule has 128 valence electrons. The van der Waals surface area contributed by atoms with Gasteiger partial charge >= 0.3 is 0 Å². The summed E-state index contributed by atoms with van der Waals surface area (Å²) in [5, 5.41) is 13.6. The summed E-state index contributed by atoms with van der Waals surface area (Å²) in [6.45, 7) is 8.84. The van der Waals surface area contributed by atoms with Gasteiger partial charge in [-0.15, -0.1) is 24.0 Å². The van der Waals surface area contributed by atoms with Crippen LogP contribution in [-0.2, 0) is 0 Å². The third-order valence-corrected chi connectivity index (χ3v) is 4.53. The summed E-state index contributed by atoms with van der Waals surface area (Å²) >= 11 is 0. The minimum atomic E-state index is 0. The number of aromatic hydroxyl groups is 1. The van der Waals surface area contributed by atoms with E-state index in [-0.39, 0.29) is 24.0 Å².